The van der Waals surface area contributed by atoms with Crippen LogP contribution in [0.1, 0.15) is 30.5 Å². The van der Waals surface area contributed by atoms with Gasteiger partial charge in [0.05, 0.1) is 18.6 Å². The lowest BCUT2D eigenvalue weighted by Crippen LogP contribution is -2.07. The lowest BCUT2D eigenvalue weighted by molar-refractivity contribution is -0.384. The molecule has 4 rings (SSSR count). The third-order valence-corrected chi connectivity index (χ3v) is 5.58. The van der Waals surface area contributed by atoms with Crippen LogP contribution in [-0.2, 0) is 19.1 Å². The summed E-state index contributed by atoms with van der Waals surface area (Å²) < 4.78 is 26.7. The largest absolute Gasteiger partial charge is 0.493 e. The van der Waals surface area contributed by atoms with Gasteiger partial charge in [-0.3, -0.25) is 14.9 Å². The van der Waals surface area contributed by atoms with Gasteiger partial charge in [-0.1, -0.05) is 6.07 Å². The number of methoxy groups -OCH3 is 1. The number of non-ortho nitro benzene ring substituents is 1. The van der Waals surface area contributed by atoms with E-state index in [0.717, 1.165) is 0 Å². The minimum atomic E-state index is -0.691. The van der Waals surface area contributed by atoms with Crippen LogP contribution in [0.4, 0.5) is 5.69 Å². The Morgan fingerprint density at radius 1 is 0.952 bits per heavy atom. The molecule has 12 heteroatoms. The van der Waals surface area contributed by atoms with E-state index >= 15 is 0 Å². The van der Waals surface area contributed by atoms with E-state index in [1.807, 2.05) is 0 Å². The van der Waals surface area contributed by atoms with E-state index in [-0.39, 0.29) is 46.9 Å². The van der Waals surface area contributed by atoms with Gasteiger partial charge in [-0.25, -0.2) is 14.6 Å². The Balaban J connectivity index is 1.51. The molecule has 12 nitrogen and oxygen atoms in total. The van der Waals surface area contributed by atoms with Gasteiger partial charge in [0.25, 0.3) is 5.69 Å². The summed E-state index contributed by atoms with van der Waals surface area (Å²) in [5.41, 5.74) is 1.49. The summed E-state index contributed by atoms with van der Waals surface area (Å²) in [5, 5.41) is 10.8. The quantitative estimate of drug-likeness (QED) is 0.108. The van der Waals surface area contributed by atoms with Crippen LogP contribution in [0.2, 0.25) is 0 Å². The smallest absolute Gasteiger partial charge is 0.363 e. The van der Waals surface area contributed by atoms with Crippen molar-refractivity contribution in [3.63, 3.8) is 0 Å². The number of carbonyl (C=O) groups excluding carboxylic acids is 3. The molecular weight excluding hydrogens is 548 g/mol. The molecule has 1 aliphatic rings. The molecule has 0 aromatic heterocycles. The molecule has 0 saturated carbocycles. The molecule has 0 radical (unpaired) electrons. The van der Waals surface area contributed by atoms with E-state index in [4.69, 9.17) is 23.7 Å². The molecule has 42 heavy (non-hydrogen) atoms. The average molecular weight is 573 g/mol. The zero-order valence-corrected chi connectivity index (χ0v) is 22.7. The van der Waals surface area contributed by atoms with Crippen LogP contribution in [0.25, 0.3) is 12.2 Å². The first-order valence-corrected chi connectivity index (χ1v) is 12.5. The number of nitro benzene ring substituents is 1. The summed E-state index contributed by atoms with van der Waals surface area (Å²) >= 11 is 0. The maximum absolute atomic E-state index is 12.5. The number of carbonyl (C=O) groups is 3. The standard InChI is InChI=1S/C30H24N2O10/c1-4-39-27-16-20(7-12-25(27)41-28(34)14-8-19-5-10-22(11-6-19)32(36)37)15-23-30(35)42-29(31-23)21-9-13-24(40-18(2)33)26(17-21)38-3/h5-17H,4H2,1-3H3/b14-8+,23-15-. The molecule has 214 valence electrons. The van der Waals surface area contributed by atoms with Gasteiger partial charge in [0.1, 0.15) is 0 Å². The van der Waals surface area contributed by atoms with Gasteiger partial charge in [0.2, 0.25) is 5.90 Å². The number of cyclic esters (lactones) is 1. The number of hydrogen-bond donors (Lipinski definition) is 0. The Kier molecular flexibility index (Phi) is 9.07. The fourth-order valence-corrected chi connectivity index (χ4v) is 3.71. The van der Waals surface area contributed by atoms with Crippen LogP contribution in [0, 0.1) is 10.1 Å². The van der Waals surface area contributed by atoms with Gasteiger partial charge in [0, 0.05) is 30.7 Å². The second kappa shape index (κ2) is 13.0. The fraction of sp³-hybridized carbons (Fsp3) is 0.133. The number of ether oxygens (including phenoxy) is 5. The number of esters is 3. The number of nitro groups is 1. The highest BCUT2D eigenvalue weighted by Crippen LogP contribution is 2.32. The van der Waals surface area contributed by atoms with Crippen molar-refractivity contribution in [1.82, 2.24) is 0 Å². The molecule has 0 unspecified atom stereocenters. The van der Waals surface area contributed by atoms with E-state index < -0.39 is 22.8 Å². The van der Waals surface area contributed by atoms with Gasteiger partial charge in [-0.15, -0.1) is 0 Å². The average Bonchev–Trinajstić information content (AvgIpc) is 3.33. The number of hydrogen-bond acceptors (Lipinski definition) is 11. The first-order valence-electron chi connectivity index (χ1n) is 12.5. The van der Waals surface area contributed by atoms with Crippen molar-refractivity contribution in [3.05, 3.63) is 99.2 Å². The molecule has 0 atom stereocenters. The molecule has 0 bridgehead atoms. The Morgan fingerprint density at radius 3 is 2.31 bits per heavy atom. The minimum absolute atomic E-state index is 0.0197. The topological polar surface area (TPSA) is 153 Å². The number of nitrogens with zero attached hydrogens (tertiary/aromatic N) is 2. The van der Waals surface area contributed by atoms with Crippen LogP contribution in [0.5, 0.6) is 23.0 Å². The zero-order valence-electron chi connectivity index (χ0n) is 22.7. The van der Waals surface area contributed by atoms with Gasteiger partial charge >= 0.3 is 17.9 Å². The van der Waals surface area contributed by atoms with Gasteiger partial charge in [0.15, 0.2) is 28.7 Å². The normalized spacial score (nSPS) is 13.5. The predicted molar refractivity (Wildman–Crippen MR) is 150 cm³/mol. The summed E-state index contributed by atoms with van der Waals surface area (Å²) in [4.78, 5) is 50.8. The van der Waals surface area contributed by atoms with Crippen LogP contribution < -0.4 is 18.9 Å². The van der Waals surface area contributed by atoms with Crippen LogP contribution in [-0.4, -0.2) is 42.4 Å². The van der Waals surface area contributed by atoms with Crippen molar-refractivity contribution in [2.24, 2.45) is 4.99 Å². The Hall–Kier alpha value is -5.78. The zero-order chi connectivity index (χ0) is 30.2. The van der Waals surface area contributed by atoms with E-state index in [2.05, 4.69) is 4.99 Å². The summed E-state index contributed by atoms with van der Waals surface area (Å²) in [7, 11) is 1.41. The van der Waals surface area contributed by atoms with Crippen molar-refractivity contribution in [2.45, 2.75) is 13.8 Å². The molecule has 0 amide bonds. The Labute approximate surface area is 239 Å². The summed E-state index contributed by atoms with van der Waals surface area (Å²) in [5.74, 6) is -0.979. The van der Waals surface area contributed by atoms with Crippen LogP contribution >= 0.6 is 0 Å². The first kappa shape index (κ1) is 29.2. The van der Waals surface area contributed by atoms with E-state index in [0.29, 0.717) is 16.7 Å². The maximum Gasteiger partial charge on any atom is 0.363 e. The second-order valence-electron chi connectivity index (χ2n) is 8.54. The molecule has 0 N–H and O–H groups in total. The van der Waals surface area contributed by atoms with Crippen LogP contribution in [0.3, 0.4) is 0 Å². The molecule has 0 spiro atoms. The summed E-state index contributed by atoms with van der Waals surface area (Å²) in [6.45, 7) is 3.30. The number of aliphatic imine (C=N–C) groups is 1. The van der Waals surface area contributed by atoms with Gasteiger partial charge < -0.3 is 23.7 Å². The lowest BCUT2D eigenvalue weighted by Gasteiger charge is -2.10. The van der Waals surface area contributed by atoms with Crippen molar-refractivity contribution >= 4 is 41.6 Å². The van der Waals surface area contributed by atoms with Crippen molar-refractivity contribution in [2.75, 3.05) is 13.7 Å². The Morgan fingerprint density at radius 2 is 1.64 bits per heavy atom. The predicted octanol–water partition coefficient (Wildman–Crippen LogP) is 4.89. The number of benzene rings is 3. The summed E-state index contributed by atoms with van der Waals surface area (Å²) in [6, 6.07) is 15.0. The van der Waals surface area contributed by atoms with Crippen molar-refractivity contribution in [3.8, 4) is 23.0 Å². The fourth-order valence-electron chi connectivity index (χ4n) is 3.71. The van der Waals surface area contributed by atoms with Crippen molar-refractivity contribution in [1.29, 1.82) is 0 Å². The third-order valence-electron chi connectivity index (χ3n) is 5.58. The van der Waals surface area contributed by atoms with Crippen LogP contribution in [0.15, 0.2) is 77.4 Å². The third kappa shape index (κ3) is 7.24. The molecule has 3 aromatic carbocycles. The molecule has 3 aromatic rings. The first-order chi connectivity index (χ1) is 20.2. The van der Waals surface area contributed by atoms with E-state index in [1.165, 1.54) is 74.7 Å². The van der Waals surface area contributed by atoms with Gasteiger partial charge in [-0.2, -0.15) is 0 Å². The van der Waals surface area contributed by atoms with E-state index in [9.17, 15) is 24.5 Å². The highest BCUT2D eigenvalue weighted by atomic mass is 16.6. The molecule has 0 aliphatic carbocycles. The maximum atomic E-state index is 12.5. The monoisotopic (exact) mass is 572 g/mol. The minimum Gasteiger partial charge on any atom is -0.493 e. The lowest BCUT2D eigenvalue weighted by atomic mass is 10.1. The van der Waals surface area contributed by atoms with Crippen molar-refractivity contribution < 1.29 is 43.0 Å². The molecule has 1 heterocycles. The second-order valence-corrected chi connectivity index (χ2v) is 8.54. The highest BCUT2D eigenvalue weighted by molar-refractivity contribution is 6.13. The Bertz CT molecular complexity index is 1640. The number of rotatable bonds is 10. The molecular formula is C30H24N2O10. The SMILES string of the molecule is CCOc1cc(/C=C2\N=C(c3ccc(OC(C)=O)c(OC)c3)OC2=O)ccc1OC(=O)/C=C/c1ccc([N+](=O)[O-])cc1. The molecule has 0 saturated heterocycles. The molecule has 0 fully saturated rings. The molecule has 1 aliphatic heterocycles. The van der Waals surface area contributed by atoms with Gasteiger partial charge in [-0.05, 0) is 72.7 Å². The summed E-state index contributed by atoms with van der Waals surface area (Å²) in [6.07, 6.45) is 4.14. The highest BCUT2D eigenvalue weighted by Gasteiger charge is 2.25. The van der Waals surface area contributed by atoms with E-state index in [1.54, 1.807) is 25.1 Å².